The summed E-state index contributed by atoms with van der Waals surface area (Å²) in [6, 6.07) is 16.4. The van der Waals surface area contributed by atoms with E-state index < -0.39 is 0 Å². The first kappa shape index (κ1) is 23.0. The molecule has 2 unspecified atom stereocenters. The SMILES string of the molecule is CN=C(NC1CCN(Cc2ccccc2C)CC1)NC1CC1c1ccccc1F.I. The molecule has 1 saturated heterocycles. The molecule has 2 atom stereocenters. The predicted molar refractivity (Wildman–Crippen MR) is 132 cm³/mol. The summed E-state index contributed by atoms with van der Waals surface area (Å²) in [5.41, 5.74) is 3.60. The van der Waals surface area contributed by atoms with E-state index in [4.69, 9.17) is 0 Å². The summed E-state index contributed by atoms with van der Waals surface area (Å²) in [6.07, 6.45) is 3.17. The van der Waals surface area contributed by atoms with Gasteiger partial charge >= 0.3 is 0 Å². The topological polar surface area (TPSA) is 39.7 Å². The van der Waals surface area contributed by atoms with Crippen LogP contribution in [0.2, 0.25) is 0 Å². The zero-order chi connectivity index (χ0) is 20.2. The normalized spacial score (nSPS) is 22.3. The van der Waals surface area contributed by atoms with Crippen molar-refractivity contribution < 1.29 is 4.39 Å². The Morgan fingerprint density at radius 3 is 2.47 bits per heavy atom. The molecule has 1 aliphatic heterocycles. The van der Waals surface area contributed by atoms with Crippen LogP contribution in [0.15, 0.2) is 53.5 Å². The van der Waals surface area contributed by atoms with E-state index in [1.165, 1.54) is 11.1 Å². The summed E-state index contributed by atoms with van der Waals surface area (Å²) in [7, 11) is 1.81. The van der Waals surface area contributed by atoms with Crippen molar-refractivity contribution in [3.05, 3.63) is 71.0 Å². The number of hydrogen-bond donors (Lipinski definition) is 2. The van der Waals surface area contributed by atoms with Crippen molar-refractivity contribution in [1.29, 1.82) is 0 Å². The van der Waals surface area contributed by atoms with Crippen LogP contribution in [0.1, 0.15) is 41.9 Å². The third-order valence-corrected chi connectivity index (χ3v) is 6.22. The molecule has 2 aromatic carbocycles. The molecule has 2 aliphatic rings. The van der Waals surface area contributed by atoms with Gasteiger partial charge in [-0.05, 0) is 48.9 Å². The van der Waals surface area contributed by atoms with Crippen molar-refractivity contribution in [2.75, 3.05) is 20.1 Å². The number of piperidine rings is 1. The summed E-state index contributed by atoms with van der Waals surface area (Å²) in [6.45, 7) is 5.39. The smallest absolute Gasteiger partial charge is 0.191 e. The van der Waals surface area contributed by atoms with Crippen LogP contribution in [0.4, 0.5) is 4.39 Å². The summed E-state index contributed by atoms with van der Waals surface area (Å²) < 4.78 is 14.0. The van der Waals surface area contributed by atoms with Gasteiger partial charge in [0, 0.05) is 44.7 Å². The van der Waals surface area contributed by atoms with Gasteiger partial charge in [-0.15, -0.1) is 24.0 Å². The third kappa shape index (κ3) is 5.72. The molecule has 1 aliphatic carbocycles. The highest BCUT2D eigenvalue weighted by molar-refractivity contribution is 14.0. The van der Waals surface area contributed by atoms with Crippen LogP contribution < -0.4 is 10.6 Å². The molecule has 0 radical (unpaired) electrons. The second-order valence-corrected chi connectivity index (χ2v) is 8.31. The number of aryl methyl sites for hydroxylation is 1. The molecular formula is C24H32FIN4. The zero-order valence-electron chi connectivity index (χ0n) is 17.8. The highest BCUT2D eigenvalue weighted by atomic mass is 127. The lowest BCUT2D eigenvalue weighted by Crippen LogP contribution is -2.49. The maximum Gasteiger partial charge on any atom is 0.191 e. The van der Waals surface area contributed by atoms with Crippen LogP contribution in [0.3, 0.4) is 0 Å². The standard InChI is InChI=1S/C24H31FN4.HI/c1-17-7-3-4-8-18(17)16-29-13-11-19(12-14-29)27-24(26-2)28-23-15-21(23)20-9-5-6-10-22(20)25;/h3-10,19,21,23H,11-16H2,1-2H3,(H2,26,27,28);1H. The summed E-state index contributed by atoms with van der Waals surface area (Å²) in [4.78, 5) is 6.93. The number of aliphatic imine (C=N–C) groups is 1. The molecule has 0 amide bonds. The van der Waals surface area contributed by atoms with Crippen LogP contribution in [0.5, 0.6) is 0 Å². The lowest BCUT2D eigenvalue weighted by molar-refractivity contribution is 0.198. The van der Waals surface area contributed by atoms with Crippen molar-refractivity contribution >= 4 is 29.9 Å². The van der Waals surface area contributed by atoms with E-state index in [1.807, 2.05) is 19.2 Å². The molecule has 2 fully saturated rings. The van der Waals surface area contributed by atoms with Gasteiger partial charge in [0.25, 0.3) is 0 Å². The molecule has 0 aromatic heterocycles. The van der Waals surface area contributed by atoms with Gasteiger partial charge < -0.3 is 10.6 Å². The van der Waals surface area contributed by atoms with Crippen molar-refractivity contribution in [1.82, 2.24) is 15.5 Å². The molecule has 2 aromatic rings. The minimum absolute atomic E-state index is 0. The number of benzene rings is 2. The second-order valence-electron chi connectivity index (χ2n) is 8.31. The fourth-order valence-electron chi connectivity index (χ4n) is 4.28. The highest BCUT2D eigenvalue weighted by Gasteiger charge is 2.40. The van der Waals surface area contributed by atoms with Crippen molar-refractivity contribution in [2.45, 2.75) is 50.7 Å². The number of likely N-dealkylation sites (tertiary alicyclic amines) is 1. The highest BCUT2D eigenvalue weighted by Crippen LogP contribution is 2.41. The Hall–Kier alpha value is -1.67. The first-order chi connectivity index (χ1) is 14.1. The summed E-state index contributed by atoms with van der Waals surface area (Å²) in [5.74, 6) is 0.975. The lowest BCUT2D eigenvalue weighted by Gasteiger charge is -2.33. The Balaban J connectivity index is 0.00000256. The van der Waals surface area contributed by atoms with Crippen LogP contribution in [0, 0.1) is 12.7 Å². The average molecular weight is 522 g/mol. The molecule has 0 spiro atoms. The Morgan fingerprint density at radius 1 is 1.07 bits per heavy atom. The van der Waals surface area contributed by atoms with Crippen molar-refractivity contribution in [3.8, 4) is 0 Å². The largest absolute Gasteiger partial charge is 0.354 e. The fourth-order valence-corrected chi connectivity index (χ4v) is 4.28. The molecule has 4 rings (SSSR count). The Kier molecular flexibility index (Phi) is 8.11. The van der Waals surface area contributed by atoms with Gasteiger partial charge in [-0.25, -0.2) is 4.39 Å². The maximum atomic E-state index is 14.0. The maximum absolute atomic E-state index is 14.0. The Morgan fingerprint density at radius 2 is 1.77 bits per heavy atom. The predicted octanol–water partition coefficient (Wildman–Crippen LogP) is 4.44. The van der Waals surface area contributed by atoms with E-state index in [2.05, 4.69) is 51.7 Å². The van der Waals surface area contributed by atoms with Gasteiger partial charge in [0.2, 0.25) is 0 Å². The van der Waals surface area contributed by atoms with Gasteiger partial charge in [-0.3, -0.25) is 9.89 Å². The first-order valence-electron chi connectivity index (χ1n) is 10.6. The van der Waals surface area contributed by atoms with Crippen molar-refractivity contribution in [3.63, 3.8) is 0 Å². The molecular weight excluding hydrogens is 490 g/mol. The lowest BCUT2D eigenvalue weighted by atomic mass is 10.0. The van der Waals surface area contributed by atoms with E-state index in [1.54, 1.807) is 12.1 Å². The van der Waals surface area contributed by atoms with Gasteiger partial charge in [0.1, 0.15) is 5.82 Å². The molecule has 1 saturated carbocycles. The monoisotopic (exact) mass is 522 g/mol. The van der Waals surface area contributed by atoms with E-state index >= 15 is 0 Å². The first-order valence-corrected chi connectivity index (χ1v) is 10.6. The molecule has 6 heteroatoms. The number of nitrogens with zero attached hydrogens (tertiary/aromatic N) is 2. The minimum Gasteiger partial charge on any atom is -0.354 e. The van der Waals surface area contributed by atoms with Gasteiger partial charge in [-0.2, -0.15) is 0 Å². The van der Waals surface area contributed by atoms with Crippen LogP contribution in [-0.2, 0) is 6.54 Å². The molecule has 1 heterocycles. The number of halogens is 2. The fraction of sp³-hybridized carbons (Fsp3) is 0.458. The van der Waals surface area contributed by atoms with Crippen LogP contribution in [-0.4, -0.2) is 43.1 Å². The molecule has 0 bridgehead atoms. The minimum atomic E-state index is -0.106. The Bertz CT molecular complexity index is 864. The number of guanidine groups is 1. The van der Waals surface area contributed by atoms with E-state index in [-0.39, 0.29) is 41.8 Å². The van der Waals surface area contributed by atoms with E-state index in [0.29, 0.717) is 6.04 Å². The third-order valence-electron chi connectivity index (χ3n) is 6.22. The van der Waals surface area contributed by atoms with Crippen LogP contribution >= 0.6 is 24.0 Å². The average Bonchev–Trinajstić information content (AvgIpc) is 3.49. The van der Waals surface area contributed by atoms with E-state index in [9.17, 15) is 4.39 Å². The molecule has 162 valence electrons. The number of hydrogen-bond acceptors (Lipinski definition) is 2. The van der Waals surface area contributed by atoms with E-state index in [0.717, 1.165) is 50.4 Å². The summed E-state index contributed by atoms with van der Waals surface area (Å²) in [5, 5.41) is 7.06. The number of rotatable bonds is 5. The number of nitrogens with one attached hydrogen (secondary N) is 2. The molecule has 4 nitrogen and oxygen atoms in total. The second kappa shape index (κ2) is 10.6. The summed E-state index contributed by atoms with van der Waals surface area (Å²) >= 11 is 0. The van der Waals surface area contributed by atoms with Crippen molar-refractivity contribution in [2.24, 2.45) is 4.99 Å². The van der Waals surface area contributed by atoms with Gasteiger partial charge in [0.15, 0.2) is 5.96 Å². The van der Waals surface area contributed by atoms with Gasteiger partial charge in [-0.1, -0.05) is 42.5 Å². The Labute approximate surface area is 196 Å². The van der Waals surface area contributed by atoms with Gasteiger partial charge in [0.05, 0.1) is 0 Å². The quantitative estimate of drug-likeness (QED) is 0.347. The van der Waals surface area contributed by atoms with Crippen LogP contribution in [0.25, 0.3) is 0 Å². The molecule has 2 N–H and O–H groups in total. The molecule has 30 heavy (non-hydrogen) atoms. The zero-order valence-corrected chi connectivity index (χ0v) is 20.1.